The van der Waals surface area contributed by atoms with E-state index in [2.05, 4.69) is 46.5 Å². The lowest BCUT2D eigenvalue weighted by Gasteiger charge is -2.37. The van der Waals surface area contributed by atoms with Gasteiger partial charge in [0.2, 0.25) is 0 Å². The molecule has 3 heterocycles. The third-order valence-electron chi connectivity index (χ3n) is 5.95. The Balaban J connectivity index is 1.64. The van der Waals surface area contributed by atoms with Crippen molar-refractivity contribution in [1.29, 1.82) is 0 Å². The average molecular weight is 376 g/mol. The predicted octanol–water partition coefficient (Wildman–Crippen LogP) is 2.67. The molecule has 28 heavy (non-hydrogen) atoms. The predicted molar refractivity (Wildman–Crippen MR) is 111 cm³/mol. The van der Waals surface area contributed by atoms with E-state index < -0.39 is 5.91 Å². The second-order valence-corrected chi connectivity index (χ2v) is 7.67. The topological polar surface area (TPSA) is 83.4 Å². The molecular weight excluding hydrogens is 352 g/mol. The number of amides is 1. The molecule has 0 bridgehead atoms. The van der Waals surface area contributed by atoms with Crippen molar-refractivity contribution in [3.8, 4) is 17.0 Å². The number of fused-ring (bicyclic) bond motifs is 2. The highest BCUT2D eigenvalue weighted by Gasteiger charge is 2.25. The first-order valence-corrected chi connectivity index (χ1v) is 9.77. The van der Waals surface area contributed by atoms with Crippen LogP contribution in [0.25, 0.3) is 22.2 Å². The summed E-state index contributed by atoms with van der Waals surface area (Å²) in [6, 6.07) is 12.7. The van der Waals surface area contributed by atoms with Crippen LogP contribution in [0, 0.1) is 0 Å². The molecule has 3 aromatic rings. The average Bonchev–Trinajstić information content (AvgIpc) is 3.10. The minimum Gasteiger partial charge on any atom is -0.493 e. The normalized spacial score (nSPS) is 16.3. The van der Waals surface area contributed by atoms with Crippen LogP contribution in [0.2, 0.25) is 0 Å². The van der Waals surface area contributed by atoms with Gasteiger partial charge >= 0.3 is 0 Å². The van der Waals surface area contributed by atoms with Crippen molar-refractivity contribution >= 4 is 22.5 Å². The van der Waals surface area contributed by atoms with Crippen LogP contribution in [-0.2, 0) is 6.42 Å². The zero-order chi connectivity index (χ0) is 19.3. The molecule has 2 aliphatic heterocycles. The lowest BCUT2D eigenvalue weighted by atomic mass is 10.0. The number of carbonyl (C=O) groups excluding carboxylic acids is 1. The smallest absolute Gasteiger partial charge is 0.250 e. The number of rotatable bonds is 4. The molecule has 2 aromatic carbocycles. The maximum absolute atomic E-state index is 12.0. The molecule has 1 aromatic heterocycles. The van der Waals surface area contributed by atoms with E-state index in [0.29, 0.717) is 11.6 Å². The number of nitrogens with one attached hydrogen (secondary N) is 2. The number of aromatic nitrogens is 1. The molecule has 0 atom stereocenters. The Bertz CT molecular complexity index is 1070. The summed E-state index contributed by atoms with van der Waals surface area (Å²) >= 11 is 0. The Labute approximate surface area is 163 Å². The first-order valence-electron chi connectivity index (χ1n) is 9.77. The monoisotopic (exact) mass is 376 g/mol. The molecule has 5 rings (SSSR count). The van der Waals surface area contributed by atoms with Gasteiger partial charge in [0.25, 0.3) is 5.91 Å². The minimum absolute atomic E-state index is 0.424. The van der Waals surface area contributed by atoms with Gasteiger partial charge in [-0.25, -0.2) is 0 Å². The summed E-state index contributed by atoms with van der Waals surface area (Å²) < 4.78 is 5.83. The lowest BCUT2D eigenvalue weighted by Crippen LogP contribution is -2.56. The third-order valence-corrected chi connectivity index (χ3v) is 5.95. The van der Waals surface area contributed by atoms with Crippen LogP contribution in [0.1, 0.15) is 22.3 Å². The zero-order valence-electron chi connectivity index (χ0n) is 15.9. The highest BCUT2D eigenvalue weighted by Crippen LogP contribution is 2.36. The maximum Gasteiger partial charge on any atom is 0.250 e. The molecular formula is C22H24N4O2. The number of hydrogen-bond acceptors (Lipinski definition) is 4. The number of hydrogen-bond donors (Lipinski definition) is 3. The quantitative estimate of drug-likeness (QED) is 0.654. The van der Waals surface area contributed by atoms with Crippen LogP contribution < -0.4 is 20.7 Å². The highest BCUT2D eigenvalue weighted by atomic mass is 16.5. The number of primary amides is 1. The van der Waals surface area contributed by atoms with E-state index in [9.17, 15) is 4.79 Å². The first-order chi connectivity index (χ1) is 13.6. The van der Waals surface area contributed by atoms with Crippen molar-refractivity contribution in [2.24, 2.45) is 5.73 Å². The molecule has 1 saturated heterocycles. The van der Waals surface area contributed by atoms with Gasteiger partial charge in [-0.1, -0.05) is 12.1 Å². The fourth-order valence-electron chi connectivity index (χ4n) is 4.12. The van der Waals surface area contributed by atoms with Crippen molar-refractivity contribution < 1.29 is 9.53 Å². The Kier molecular flexibility index (Phi) is 4.02. The molecule has 0 spiro atoms. The van der Waals surface area contributed by atoms with E-state index in [1.807, 2.05) is 12.1 Å². The Morgan fingerprint density at radius 2 is 2.07 bits per heavy atom. The van der Waals surface area contributed by atoms with Crippen LogP contribution in [0.5, 0.6) is 5.75 Å². The minimum atomic E-state index is -0.424. The zero-order valence-corrected chi connectivity index (χ0v) is 15.9. The highest BCUT2D eigenvalue weighted by molar-refractivity contribution is 6.10. The van der Waals surface area contributed by atoms with Crippen LogP contribution in [0.15, 0.2) is 36.4 Å². The van der Waals surface area contributed by atoms with E-state index >= 15 is 0 Å². The Morgan fingerprint density at radius 1 is 1.21 bits per heavy atom. The molecule has 4 N–H and O–H groups in total. The van der Waals surface area contributed by atoms with Crippen molar-refractivity contribution in [3.05, 3.63) is 47.5 Å². The first kappa shape index (κ1) is 17.1. The number of H-pyrrole nitrogens is 1. The van der Waals surface area contributed by atoms with Gasteiger partial charge in [0.05, 0.1) is 23.7 Å². The molecule has 6 heteroatoms. The summed E-state index contributed by atoms with van der Waals surface area (Å²) in [7, 11) is 2.10. The number of ether oxygens (including phenoxy) is 1. The van der Waals surface area contributed by atoms with Gasteiger partial charge in [0, 0.05) is 42.5 Å². The number of benzene rings is 2. The molecule has 144 valence electrons. The van der Waals surface area contributed by atoms with Crippen molar-refractivity contribution in [2.45, 2.75) is 18.9 Å². The maximum atomic E-state index is 12.0. The number of aryl methyl sites for hydroxylation is 1. The second kappa shape index (κ2) is 6.56. The van der Waals surface area contributed by atoms with Gasteiger partial charge in [-0.3, -0.25) is 4.79 Å². The molecule has 0 unspecified atom stereocenters. The van der Waals surface area contributed by atoms with Crippen LogP contribution in [0.3, 0.4) is 0 Å². The van der Waals surface area contributed by atoms with E-state index in [-0.39, 0.29) is 0 Å². The standard InChI is InChI=1S/C22H24N4O2/c1-26(15-11-24-12-15)19-7-6-16(22(23)27)21-17(19)10-18(25-21)14-5-4-13-3-2-8-28-20(13)9-14/h4-7,9-10,15,24-25H,2-3,8,11-12H2,1H3,(H2,23,27). The van der Waals surface area contributed by atoms with Gasteiger partial charge in [-0.05, 0) is 42.7 Å². The largest absolute Gasteiger partial charge is 0.493 e. The fraction of sp³-hybridized carbons (Fsp3) is 0.318. The number of likely N-dealkylation sites (N-methyl/N-ethyl adjacent to an activating group) is 1. The molecule has 0 aliphatic carbocycles. The van der Waals surface area contributed by atoms with Gasteiger partial charge in [-0.2, -0.15) is 0 Å². The SMILES string of the molecule is CN(c1ccc(C(N)=O)c2[nH]c(-c3ccc4c(c3)OCCC4)cc12)C1CNC1. The molecule has 2 aliphatic rings. The number of nitrogens with zero attached hydrogens (tertiary/aromatic N) is 1. The number of nitrogens with two attached hydrogens (primary N) is 1. The van der Waals surface area contributed by atoms with E-state index in [1.165, 1.54) is 5.56 Å². The van der Waals surface area contributed by atoms with E-state index in [1.54, 1.807) is 0 Å². The second-order valence-electron chi connectivity index (χ2n) is 7.67. The van der Waals surface area contributed by atoms with Crippen LogP contribution in [-0.4, -0.2) is 43.7 Å². The summed E-state index contributed by atoms with van der Waals surface area (Å²) in [5.41, 5.74) is 11.3. The molecule has 1 fully saturated rings. The molecule has 6 nitrogen and oxygen atoms in total. The Hall–Kier alpha value is -2.99. The molecule has 1 amide bonds. The number of carbonyl (C=O) groups is 1. The van der Waals surface area contributed by atoms with E-state index in [4.69, 9.17) is 10.5 Å². The van der Waals surface area contributed by atoms with Gasteiger partial charge in [-0.15, -0.1) is 0 Å². The Morgan fingerprint density at radius 3 is 2.82 bits per heavy atom. The van der Waals surface area contributed by atoms with Crippen molar-refractivity contribution in [1.82, 2.24) is 10.3 Å². The van der Waals surface area contributed by atoms with Crippen molar-refractivity contribution in [2.75, 3.05) is 31.6 Å². The summed E-state index contributed by atoms with van der Waals surface area (Å²) in [5, 5.41) is 4.33. The van der Waals surface area contributed by atoms with Crippen molar-refractivity contribution in [3.63, 3.8) is 0 Å². The molecule has 0 saturated carbocycles. The lowest BCUT2D eigenvalue weighted by molar-refractivity contribution is 0.100. The number of aromatic amines is 1. The summed E-state index contributed by atoms with van der Waals surface area (Å²) in [6.07, 6.45) is 2.12. The van der Waals surface area contributed by atoms with Crippen LogP contribution >= 0.6 is 0 Å². The number of anilines is 1. The van der Waals surface area contributed by atoms with Gasteiger partial charge < -0.3 is 25.7 Å². The van der Waals surface area contributed by atoms with Crippen LogP contribution in [0.4, 0.5) is 5.69 Å². The third kappa shape index (κ3) is 2.72. The summed E-state index contributed by atoms with van der Waals surface area (Å²) in [4.78, 5) is 17.7. The van der Waals surface area contributed by atoms with E-state index in [0.717, 1.165) is 66.1 Å². The van der Waals surface area contributed by atoms with Gasteiger partial charge in [0.1, 0.15) is 5.75 Å². The summed E-state index contributed by atoms with van der Waals surface area (Å²) in [5.74, 6) is 0.530. The fourth-order valence-corrected chi connectivity index (χ4v) is 4.12. The summed E-state index contributed by atoms with van der Waals surface area (Å²) in [6.45, 7) is 2.70. The molecule has 0 radical (unpaired) electrons. The van der Waals surface area contributed by atoms with Gasteiger partial charge in [0.15, 0.2) is 0 Å².